The molecule has 0 aliphatic carbocycles. The van der Waals surface area contributed by atoms with Gasteiger partial charge in [-0.3, -0.25) is 4.79 Å². The van der Waals surface area contributed by atoms with Crippen LogP contribution in [0.3, 0.4) is 0 Å². The minimum atomic E-state index is -0.349. The first kappa shape index (κ1) is 15.9. The van der Waals surface area contributed by atoms with E-state index in [0.717, 1.165) is 16.5 Å². The fourth-order valence-electron chi connectivity index (χ4n) is 2.86. The molecule has 26 heavy (non-hydrogen) atoms. The average Bonchev–Trinajstić information content (AvgIpc) is 3.08. The Morgan fingerprint density at radius 3 is 2.58 bits per heavy atom. The lowest BCUT2D eigenvalue weighted by Crippen LogP contribution is -2.12. The summed E-state index contributed by atoms with van der Waals surface area (Å²) in [7, 11) is 1.59. The number of anilines is 1. The summed E-state index contributed by atoms with van der Waals surface area (Å²) in [6, 6.07) is 20.5. The highest BCUT2D eigenvalue weighted by molar-refractivity contribution is 6.12. The number of benzene rings is 2. The number of rotatable bonds is 4. The molecule has 2 heterocycles. The van der Waals surface area contributed by atoms with Gasteiger partial charge in [-0.2, -0.15) is 0 Å². The van der Waals surface area contributed by atoms with Crippen molar-refractivity contribution < 1.29 is 13.9 Å². The van der Waals surface area contributed by atoms with E-state index in [1.54, 1.807) is 31.5 Å². The summed E-state index contributed by atoms with van der Waals surface area (Å²) in [6.45, 7) is 0. The number of methoxy groups -OCH3 is 1. The zero-order valence-corrected chi connectivity index (χ0v) is 14.1. The van der Waals surface area contributed by atoms with Crippen molar-refractivity contribution in [3.05, 3.63) is 78.7 Å². The van der Waals surface area contributed by atoms with Gasteiger partial charge in [0.15, 0.2) is 0 Å². The Kier molecular flexibility index (Phi) is 4.11. The van der Waals surface area contributed by atoms with E-state index in [0.29, 0.717) is 17.2 Å². The van der Waals surface area contributed by atoms with Crippen LogP contribution in [-0.2, 0) is 0 Å². The number of fused-ring (bicyclic) bond motifs is 1. The third kappa shape index (κ3) is 2.91. The fourth-order valence-corrected chi connectivity index (χ4v) is 2.86. The Morgan fingerprint density at radius 1 is 1.04 bits per heavy atom. The largest absolute Gasteiger partial charge is 0.497 e. The Labute approximate surface area is 150 Å². The number of nitrogens with one attached hydrogen (secondary N) is 1. The molecule has 0 unspecified atom stereocenters. The van der Waals surface area contributed by atoms with Crippen LogP contribution < -0.4 is 10.1 Å². The van der Waals surface area contributed by atoms with E-state index in [1.165, 1.54) is 0 Å². The summed E-state index contributed by atoms with van der Waals surface area (Å²) in [4.78, 5) is 17.0. The van der Waals surface area contributed by atoms with Gasteiger partial charge in [-0.05, 0) is 29.8 Å². The van der Waals surface area contributed by atoms with Gasteiger partial charge >= 0.3 is 0 Å². The first-order chi connectivity index (χ1) is 12.8. The number of nitrogens with zero attached hydrogens (tertiary/aromatic N) is 1. The lowest BCUT2D eigenvalue weighted by atomic mass is 10.0. The molecular weight excluding hydrogens is 328 g/mol. The predicted octanol–water partition coefficient (Wildman–Crippen LogP) is 4.76. The minimum Gasteiger partial charge on any atom is -0.497 e. The van der Waals surface area contributed by atoms with Crippen LogP contribution in [0.4, 0.5) is 5.82 Å². The van der Waals surface area contributed by atoms with Gasteiger partial charge in [0.1, 0.15) is 17.2 Å². The van der Waals surface area contributed by atoms with E-state index in [9.17, 15) is 4.79 Å². The average molecular weight is 344 g/mol. The van der Waals surface area contributed by atoms with Gasteiger partial charge in [0.25, 0.3) is 5.91 Å². The molecule has 4 aromatic rings. The summed E-state index contributed by atoms with van der Waals surface area (Å²) >= 11 is 0. The van der Waals surface area contributed by atoms with Crippen molar-refractivity contribution in [2.45, 2.75) is 0 Å². The van der Waals surface area contributed by atoms with E-state index in [2.05, 4.69) is 10.3 Å². The summed E-state index contributed by atoms with van der Waals surface area (Å²) in [5.74, 6) is 1.03. The maximum atomic E-state index is 12.9. The highest BCUT2D eigenvalue weighted by Crippen LogP contribution is 2.36. The summed E-state index contributed by atoms with van der Waals surface area (Å²) in [6.07, 6.45) is 1.62. The molecule has 5 heteroatoms. The molecule has 5 nitrogen and oxygen atoms in total. The number of aromatic nitrogens is 1. The molecule has 0 saturated heterocycles. The number of carbonyl (C=O) groups is 1. The zero-order valence-electron chi connectivity index (χ0n) is 14.1. The maximum Gasteiger partial charge on any atom is 0.293 e. The molecule has 0 fully saturated rings. The van der Waals surface area contributed by atoms with Crippen molar-refractivity contribution in [3.63, 3.8) is 0 Å². The van der Waals surface area contributed by atoms with Crippen LogP contribution in [0.5, 0.6) is 5.75 Å². The van der Waals surface area contributed by atoms with Crippen molar-refractivity contribution in [2.75, 3.05) is 12.4 Å². The van der Waals surface area contributed by atoms with Gasteiger partial charge in [0, 0.05) is 23.2 Å². The number of pyridine rings is 1. The quantitative estimate of drug-likeness (QED) is 0.580. The van der Waals surface area contributed by atoms with Gasteiger partial charge < -0.3 is 14.5 Å². The molecule has 0 saturated carbocycles. The molecule has 128 valence electrons. The Hall–Kier alpha value is -3.60. The Bertz CT molecular complexity index is 1060. The lowest BCUT2D eigenvalue weighted by Gasteiger charge is -2.05. The number of amides is 1. The molecule has 1 N–H and O–H groups in total. The van der Waals surface area contributed by atoms with Crippen LogP contribution >= 0.6 is 0 Å². The molecule has 0 aliphatic heterocycles. The second-order valence-electron chi connectivity index (χ2n) is 5.70. The molecule has 2 aromatic carbocycles. The maximum absolute atomic E-state index is 12.9. The van der Waals surface area contributed by atoms with Gasteiger partial charge in [0.2, 0.25) is 5.76 Å². The highest BCUT2D eigenvalue weighted by atomic mass is 16.5. The van der Waals surface area contributed by atoms with Crippen LogP contribution in [0.2, 0.25) is 0 Å². The van der Waals surface area contributed by atoms with Crippen molar-refractivity contribution in [1.82, 2.24) is 4.98 Å². The van der Waals surface area contributed by atoms with Crippen LogP contribution in [-0.4, -0.2) is 18.0 Å². The van der Waals surface area contributed by atoms with Crippen molar-refractivity contribution in [3.8, 4) is 16.9 Å². The van der Waals surface area contributed by atoms with E-state index >= 15 is 0 Å². The molecule has 1 amide bonds. The monoisotopic (exact) mass is 344 g/mol. The number of hydrogen-bond donors (Lipinski definition) is 1. The van der Waals surface area contributed by atoms with Crippen molar-refractivity contribution in [1.29, 1.82) is 0 Å². The van der Waals surface area contributed by atoms with Gasteiger partial charge in [0.05, 0.1) is 7.11 Å². The normalized spacial score (nSPS) is 10.7. The van der Waals surface area contributed by atoms with Crippen molar-refractivity contribution in [2.24, 2.45) is 0 Å². The van der Waals surface area contributed by atoms with Crippen molar-refractivity contribution >= 4 is 22.7 Å². The molecule has 2 aromatic heterocycles. The smallest absolute Gasteiger partial charge is 0.293 e. The van der Waals surface area contributed by atoms with E-state index in [1.807, 2.05) is 48.5 Å². The lowest BCUT2D eigenvalue weighted by molar-refractivity contribution is 0.0999. The third-order valence-corrected chi connectivity index (χ3v) is 4.07. The molecule has 0 radical (unpaired) electrons. The topological polar surface area (TPSA) is 64.4 Å². The summed E-state index contributed by atoms with van der Waals surface area (Å²) in [5, 5.41) is 3.63. The predicted molar refractivity (Wildman–Crippen MR) is 100 cm³/mol. The van der Waals surface area contributed by atoms with E-state index < -0.39 is 0 Å². The number of ether oxygens (including phenoxy) is 1. The van der Waals surface area contributed by atoms with E-state index in [-0.39, 0.29) is 11.7 Å². The summed E-state index contributed by atoms with van der Waals surface area (Å²) < 4.78 is 11.2. The van der Waals surface area contributed by atoms with Crippen LogP contribution in [0.1, 0.15) is 10.6 Å². The summed E-state index contributed by atoms with van der Waals surface area (Å²) in [5.41, 5.74) is 2.24. The second kappa shape index (κ2) is 6.72. The Morgan fingerprint density at radius 2 is 1.85 bits per heavy atom. The molecule has 0 aliphatic rings. The molecule has 0 atom stereocenters. The second-order valence-corrected chi connectivity index (χ2v) is 5.70. The highest BCUT2D eigenvalue weighted by Gasteiger charge is 2.22. The van der Waals surface area contributed by atoms with Gasteiger partial charge in [-0.25, -0.2) is 4.98 Å². The van der Waals surface area contributed by atoms with Gasteiger partial charge in [-0.1, -0.05) is 36.4 Å². The fraction of sp³-hybridized carbons (Fsp3) is 0.0476. The van der Waals surface area contributed by atoms with E-state index in [4.69, 9.17) is 9.15 Å². The standard InChI is InChI=1S/C21H16N2O3/c1-25-15-10-11-16-17(13-15)26-20(19(16)14-7-3-2-4-8-14)21(24)23-18-9-5-6-12-22-18/h2-13H,1H3,(H,22,23,24). The third-order valence-electron chi connectivity index (χ3n) is 4.07. The molecule has 0 spiro atoms. The number of furan rings is 1. The van der Waals surface area contributed by atoms with Gasteiger partial charge in [-0.15, -0.1) is 0 Å². The Balaban J connectivity index is 1.86. The molecule has 0 bridgehead atoms. The zero-order chi connectivity index (χ0) is 17.9. The van der Waals surface area contributed by atoms with Crippen LogP contribution in [0.25, 0.3) is 22.1 Å². The van der Waals surface area contributed by atoms with Crippen LogP contribution in [0, 0.1) is 0 Å². The molecule has 4 rings (SSSR count). The minimum absolute atomic E-state index is 0.241. The first-order valence-electron chi connectivity index (χ1n) is 8.14. The first-order valence-corrected chi connectivity index (χ1v) is 8.14. The number of carbonyl (C=O) groups excluding carboxylic acids is 1. The molecular formula is C21H16N2O3. The number of hydrogen-bond acceptors (Lipinski definition) is 4. The SMILES string of the molecule is COc1ccc2c(-c3ccccc3)c(C(=O)Nc3ccccn3)oc2c1. The van der Waals surface area contributed by atoms with Crippen LogP contribution in [0.15, 0.2) is 77.3 Å².